The van der Waals surface area contributed by atoms with Gasteiger partial charge in [0.15, 0.2) is 5.82 Å². The van der Waals surface area contributed by atoms with Crippen LogP contribution in [-0.2, 0) is 0 Å². The number of ether oxygens (including phenoxy) is 1. The molecule has 5 aromatic rings. The minimum atomic E-state index is -0.772. The number of nitrogens with two attached hydrogens (primary N) is 1. The van der Waals surface area contributed by atoms with Crippen LogP contribution in [0.15, 0.2) is 77.7 Å². The monoisotopic (exact) mass is 501 g/mol. The lowest BCUT2D eigenvalue weighted by atomic mass is 10.0. The van der Waals surface area contributed by atoms with E-state index >= 15 is 4.39 Å². The first-order valence-electron chi connectivity index (χ1n) is 11.3. The van der Waals surface area contributed by atoms with E-state index in [4.69, 9.17) is 10.5 Å². The summed E-state index contributed by atoms with van der Waals surface area (Å²) in [6.45, 7) is 1.94. The fourth-order valence-electron chi connectivity index (χ4n) is 4.04. The van der Waals surface area contributed by atoms with Crippen LogP contribution in [0.25, 0.3) is 27.7 Å². The summed E-state index contributed by atoms with van der Waals surface area (Å²) < 4.78 is 35.1. The lowest BCUT2D eigenvalue weighted by Crippen LogP contribution is -2.29. The zero-order valence-electron chi connectivity index (χ0n) is 19.6. The number of hydrogen-bond acceptors (Lipinski definition) is 5. The van der Waals surface area contributed by atoms with Crippen LogP contribution < -0.4 is 21.3 Å². The molecular formula is C27H21F2N5O3. The van der Waals surface area contributed by atoms with E-state index in [0.29, 0.717) is 28.1 Å². The Morgan fingerprint density at radius 2 is 1.86 bits per heavy atom. The van der Waals surface area contributed by atoms with Crippen molar-refractivity contribution in [2.75, 3.05) is 17.7 Å². The standard InChI is InChI=1S/C27H21F2N5O3/c1-2-37-23-11-12-34(18-7-4-16(28)5-8-18)27(36)24(23)26(35)31-17-6-10-19(21(29)14-17)15-3-9-20-22(13-15)32-33-25(20)30/h3-14H,2H2,1H3,(H,31,35)(H3,30,32,33). The summed E-state index contributed by atoms with van der Waals surface area (Å²) >= 11 is 0. The third-order valence-electron chi connectivity index (χ3n) is 5.82. The number of carbonyl (C=O) groups excluding carboxylic acids is 1. The Labute approximate surface area is 209 Å². The van der Waals surface area contributed by atoms with Crippen molar-refractivity contribution < 1.29 is 18.3 Å². The van der Waals surface area contributed by atoms with Crippen LogP contribution in [0.5, 0.6) is 5.75 Å². The molecule has 10 heteroatoms. The normalized spacial score (nSPS) is 11.0. The second-order valence-corrected chi connectivity index (χ2v) is 8.16. The van der Waals surface area contributed by atoms with Crippen LogP contribution in [0.3, 0.4) is 0 Å². The molecule has 0 aliphatic carbocycles. The molecule has 3 aromatic carbocycles. The van der Waals surface area contributed by atoms with Gasteiger partial charge in [-0.1, -0.05) is 6.07 Å². The Bertz CT molecular complexity index is 1690. The third kappa shape index (κ3) is 4.52. The Kier molecular flexibility index (Phi) is 6.14. The van der Waals surface area contributed by atoms with Crippen molar-refractivity contribution in [3.63, 3.8) is 0 Å². The molecule has 0 spiro atoms. The summed E-state index contributed by atoms with van der Waals surface area (Å²) in [4.78, 5) is 26.4. The van der Waals surface area contributed by atoms with E-state index in [1.807, 2.05) is 0 Å². The molecule has 0 saturated heterocycles. The molecular weight excluding hydrogens is 480 g/mol. The van der Waals surface area contributed by atoms with Gasteiger partial charge in [-0.3, -0.25) is 19.3 Å². The minimum absolute atomic E-state index is 0.0765. The number of anilines is 2. The van der Waals surface area contributed by atoms with Crippen LogP contribution in [-0.4, -0.2) is 27.3 Å². The Morgan fingerprint density at radius 1 is 1.08 bits per heavy atom. The van der Waals surface area contributed by atoms with Gasteiger partial charge >= 0.3 is 0 Å². The molecule has 2 heterocycles. The van der Waals surface area contributed by atoms with Gasteiger partial charge in [0.1, 0.15) is 22.9 Å². The fourth-order valence-corrected chi connectivity index (χ4v) is 4.04. The number of pyridine rings is 1. The van der Waals surface area contributed by atoms with Gasteiger partial charge in [0.05, 0.1) is 12.1 Å². The lowest BCUT2D eigenvalue weighted by molar-refractivity contribution is 0.102. The molecule has 0 aliphatic rings. The molecule has 0 unspecified atom stereocenters. The van der Waals surface area contributed by atoms with Crippen molar-refractivity contribution >= 4 is 28.3 Å². The predicted molar refractivity (Wildman–Crippen MR) is 137 cm³/mol. The zero-order valence-corrected chi connectivity index (χ0v) is 19.6. The topological polar surface area (TPSA) is 115 Å². The number of aromatic amines is 1. The van der Waals surface area contributed by atoms with E-state index in [0.717, 1.165) is 5.39 Å². The quantitative estimate of drug-likeness (QED) is 0.306. The first kappa shape index (κ1) is 23.7. The van der Waals surface area contributed by atoms with Crippen LogP contribution in [0, 0.1) is 11.6 Å². The van der Waals surface area contributed by atoms with E-state index < -0.39 is 23.1 Å². The van der Waals surface area contributed by atoms with E-state index in [1.165, 1.54) is 59.3 Å². The van der Waals surface area contributed by atoms with E-state index in [1.54, 1.807) is 25.1 Å². The molecule has 5 rings (SSSR count). The highest BCUT2D eigenvalue weighted by atomic mass is 19.1. The van der Waals surface area contributed by atoms with Crippen LogP contribution in [0.4, 0.5) is 20.3 Å². The maximum atomic E-state index is 15.1. The number of aromatic nitrogens is 3. The predicted octanol–water partition coefficient (Wildman–Crippen LogP) is 4.89. The molecule has 1 amide bonds. The van der Waals surface area contributed by atoms with Gasteiger partial charge in [-0.25, -0.2) is 8.78 Å². The number of fused-ring (bicyclic) bond motifs is 1. The van der Waals surface area contributed by atoms with Crippen molar-refractivity contribution in [2.24, 2.45) is 0 Å². The van der Waals surface area contributed by atoms with Gasteiger partial charge in [0.2, 0.25) is 0 Å². The van der Waals surface area contributed by atoms with Gasteiger partial charge in [0, 0.05) is 28.5 Å². The highest BCUT2D eigenvalue weighted by Gasteiger charge is 2.21. The molecule has 0 bridgehead atoms. The third-order valence-corrected chi connectivity index (χ3v) is 5.82. The Hall–Kier alpha value is -4.99. The van der Waals surface area contributed by atoms with Crippen LogP contribution in [0.2, 0.25) is 0 Å². The number of hydrogen-bond donors (Lipinski definition) is 3. The summed E-state index contributed by atoms with van der Waals surface area (Å²) in [5.41, 5.74) is 6.95. The van der Waals surface area contributed by atoms with Crippen molar-refractivity contribution in [2.45, 2.75) is 6.92 Å². The van der Waals surface area contributed by atoms with Crippen molar-refractivity contribution in [1.29, 1.82) is 0 Å². The average Bonchev–Trinajstić information content (AvgIpc) is 3.25. The summed E-state index contributed by atoms with van der Waals surface area (Å²) in [7, 11) is 0. The lowest BCUT2D eigenvalue weighted by Gasteiger charge is -2.14. The number of H-pyrrole nitrogens is 1. The number of nitrogens with one attached hydrogen (secondary N) is 2. The fraction of sp³-hybridized carbons (Fsp3) is 0.0741. The highest BCUT2D eigenvalue weighted by Crippen LogP contribution is 2.29. The molecule has 186 valence electrons. The molecule has 0 atom stereocenters. The summed E-state index contributed by atoms with van der Waals surface area (Å²) in [6.07, 6.45) is 1.44. The maximum absolute atomic E-state index is 15.1. The van der Waals surface area contributed by atoms with Crippen molar-refractivity contribution in [3.8, 4) is 22.6 Å². The van der Waals surface area contributed by atoms with Gasteiger partial charge in [-0.15, -0.1) is 0 Å². The number of carbonyl (C=O) groups is 1. The summed E-state index contributed by atoms with van der Waals surface area (Å²) in [6, 6.07) is 16.2. The van der Waals surface area contributed by atoms with E-state index in [-0.39, 0.29) is 23.6 Å². The molecule has 0 aliphatic heterocycles. The number of benzene rings is 3. The SMILES string of the molecule is CCOc1ccn(-c2ccc(F)cc2)c(=O)c1C(=O)Nc1ccc(-c2ccc3c(N)n[nH]c3c2)c(F)c1. The van der Waals surface area contributed by atoms with E-state index in [9.17, 15) is 14.0 Å². The maximum Gasteiger partial charge on any atom is 0.271 e. The average molecular weight is 501 g/mol. The second-order valence-electron chi connectivity index (χ2n) is 8.16. The van der Waals surface area contributed by atoms with Crippen LogP contribution in [0.1, 0.15) is 17.3 Å². The van der Waals surface area contributed by atoms with Crippen molar-refractivity contribution in [3.05, 3.63) is 100 Å². The molecule has 0 radical (unpaired) electrons. The number of nitrogen functional groups attached to an aromatic ring is 1. The number of nitrogens with zero attached hydrogens (tertiary/aromatic N) is 2. The number of amides is 1. The second kappa shape index (κ2) is 9.57. The summed E-state index contributed by atoms with van der Waals surface area (Å²) in [5.74, 6) is -1.38. The first-order valence-corrected chi connectivity index (χ1v) is 11.3. The molecule has 0 saturated carbocycles. The van der Waals surface area contributed by atoms with E-state index in [2.05, 4.69) is 15.5 Å². The molecule has 4 N–H and O–H groups in total. The largest absolute Gasteiger partial charge is 0.493 e. The Balaban J connectivity index is 1.46. The highest BCUT2D eigenvalue weighted by molar-refractivity contribution is 6.06. The zero-order chi connectivity index (χ0) is 26.1. The molecule has 8 nitrogen and oxygen atoms in total. The van der Waals surface area contributed by atoms with Gasteiger partial charge in [0.25, 0.3) is 11.5 Å². The number of rotatable bonds is 6. The minimum Gasteiger partial charge on any atom is -0.493 e. The van der Waals surface area contributed by atoms with Gasteiger partial charge < -0.3 is 15.8 Å². The molecule has 0 fully saturated rings. The molecule has 37 heavy (non-hydrogen) atoms. The van der Waals surface area contributed by atoms with Gasteiger partial charge in [-0.05, 0) is 73.2 Å². The molecule has 2 aromatic heterocycles. The Morgan fingerprint density at radius 3 is 2.59 bits per heavy atom. The summed E-state index contributed by atoms with van der Waals surface area (Å²) in [5, 5.41) is 10.0. The smallest absolute Gasteiger partial charge is 0.271 e. The van der Waals surface area contributed by atoms with Crippen molar-refractivity contribution in [1.82, 2.24) is 14.8 Å². The first-order chi connectivity index (χ1) is 17.9. The van der Waals surface area contributed by atoms with Gasteiger partial charge in [-0.2, -0.15) is 5.10 Å². The van der Waals surface area contributed by atoms with Crippen LogP contribution >= 0.6 is 0 Å². The number of halogens is 2.